The predicted octanol–water partition coefficient (Wildman–Crippen LogP) is 1.75. The van der Waals surface area contributed by atoms with Gasteiger partial charge in [0.2, 0.25) is 0 Å². The smallest absolute Gasteiger partial charge is 0.262 e. The summed E-state index contributed by atoms with van der Waals surface area (Å²) in [5.41, 5.74) is 0.574. The molecule has 0 aliphatic carbocycles. The summed E-state index contributed by atoms with van der Waals surface area (Å²) in [5.74, 6) is 0. The van der Waals surface area contributed by atoms with Crippen LogP contribution in [0, 0.1) is 11.3 Å². The summed E-state index contributed by atoms with van der Waals surface area (Å²) in [7, 11) is -2.07. The summed E-state index contributed by atoms with van der Waals surface area (Å²) in [5, 5.41) is 12.7. The topological polar surface area (TPSA) is 87.8 Å². The van der Waals surface area contributed by atoms with Crippen molar-refractivity contribution in [1.82, 2.24) is 9.78 Å². The van der Waals surface area contributed by atoms with Crippen LogP contribution >= 0.6 is 11.6 Å². The van der Waals surface area contributed by atoms with Crippen molar-refractivity contribution in [3.05, 3.63) is 41.2 Å². The number of rotatable bonds is 3. The van der Waals surface area contributed by atoms with Gasteiger partial charge in [-0.05, 0) is 18.2 Å². The Labute approximate surface area is 115 Å². The summed E-state index contributed by atoms with van der Waals surface area (Å²) < 4.78 is 28.0. The summed E-state index contributed by atoms with van der Waals surface area (Å²) in [6, 6.07) is 5.79. The molecule has 0 unspecified atom stereocenters. The largest absolute Gasteiger partial charge is 0.276 e. The predicted molar refractivity (Wildman–Crippen MR) is 70.2 cm³/mol. The molecule has 0 radical (unpaired) electrons. The van der Waals surface area contributed by atoms with Crippen molar-refractivity contribution in [2.24, 2.45) is 7.05 Å². The number of hydrogen-bond donors (Lipinski definition) is 1. The van der Waals surface area contributed by atoms with E-state index in [1.807, 2.05) is 6.07 Å². The molecule has 1 aromatic heterocycles. The van der Waals surface area contributed by atoms with Crippen molar-refractivity contribution in [1.29, 1.82) is 5.26 Å². The molecule has 0 amide bonds. The zero-order chi connectivity index (χ0) is 14.0. The Balaban J connectivity index is 2.35. The Morgan fingerprint density at radius 1 is 1.47 bits per heavy atom. The van der Waals surface area contributed by atoms with Crippen molar-refractivity contribution in [3.8, 4) is 6.07 Å². The van der Waals surface area contributed by atoms with Crippen LogP contribution in [0.15, 0.2) is 35.5 Å². The van der Waals surface area contributed by atoms with E-state index >= 15 is 0 Å². The lowest BCUT2D eigenvalue weighted by Gasteiger charge is -2.06. The number of aromatic nitrogens is 2. The number of sulfonamides is 1. The maximum Gasteiger partial charge on any atom is 0.262 e. The molecule has 0 aliphatic heterocycles. The number of anilines is 1. The first-order valence-electron chi connectivity index (χ1n) is 5.13. The average Bonchev–Trinajstić information content (AvgIpc) is 2.73. The van der Waals surface area contributed by atoms with E-state index in [0.717, 1.165) is 0 Å². The van der Waals surface area contributed by atoms with Crippen molar-refractivity contribution < 1.29 is 8.42 Å². The second-order valence-corrected chi connectivity index (χ2v) is 5.85. The van der Waals surface area contributed by atoms with Crippen LogP contribution in [0.25, 0.3) is 0 Å². The summed E-state index contributed by atoms with van der Waals surface area (Å²) in [6.45, 7) is 0. The van der Waals surface area contributed by atoms with Crippen molar-refractivity contribution in [2.45, 2.75) is 4.90 Å². The number of hydrogen-bond acceptors (Lipinski definition) is 4. The van der Waals surface area contributed by atoms with Gasteiger partial charge in [-0.2, -0.15) is 10.4 Å². The third kappa shape index (κ3) is 2.86. The molecular formula is C11H9ClN4O2S. The molecule has 8 heteroatoms. The number of aryl methyl sites for hydroxylation is 1. The molecule has 0 saturated carbocycles. The second kappa shape index (κ2) is 4.91. The zero-order valence-corrected chi connectivity index (χ0v) is 11.4. The minimum Gasteiger partial charge on any atom is -0.276 e. The molecule has 0 fully saturated rings. The number of halogens is 1. The summed E-state index contributed by atoms with van der Waals surface area (Å²) in [6.07, 6.45) is 2.92. The van der Waals surface area contributed by atoms with E-state index in [2.05, 4.69) is 9.82 Å². The van der Waals surface area contributed by atoms with Gasteiger partial charge < -0.3 is 0 Å². The lowest BCUT2D eigenvalue weighted by molar-refractivity contribution is 0.601. The Bertz CT molecular complexity index is 761. The molecule has 0 spiro atoms. The van der Waals surface area contributed by atoms with Crippen LogP contribution < -0.4 is 4.72 Å². The third-order valence-electron chi connectivity index (χ3n) is 2.33. The molecule has 0 bridgehead atoms. The average molecular weight is 297 g/mol. The quantitative estimate of drug-likeness (QED) is 0.934. The lowest BCUT2D eigenvalue weighted by atomic mass is 10.2. The maximum absolute atomic E-state index is 12.1. The van der Waals surface area contributed by atoms with Gasteiger partial charge in [-0.25, -0.2) is 8.42 Å². The van der Waals surface area contributed by atoms with Crippen LogP contribution in [-0.4, -0.2) is 18.2 Å². The van der Waals surface area contributed by atoms with Gasteiger partial charge in [0.15, 0.2) is 0 Å². The van der Waals surface area contributed by atoms with E-state index in [1.54, 1.807) is 7.05 Å². The Morgan fingerprint density at radius 3 is 2.74 bits per heavy atom. The molecule has 0 saturated heterocycles. The Morgan fingerprint density at radius 2 is 2.21 bits per heavy atom. The second-order valence-electron chi connectivity index (χ2n) is 3.76. The normalized spacial score (nSPS) is 11.0. The standard InChI is InChI=1S/C11H9ClN4O2S/c1-16-7-9(6-14-16)15-19(17,18)10-3-2-8(5-13)11(12)4-10/h2-4,6-7,15H,1H3. The molecule has 1 N–H and O–H groups in total. The van der Waals surface area contributed by atoms with Crippen LogP contribution in [0.5, 0.6) is 0 Å². The van der Waals surface area contributed by atoms with Crippen LogP contribution in [0.4, 0.5) is 5.69 Å². The van der Waals surface area contributed by atoms with Gasteiger partial charge >= 0.3 is 0 Å². The van der Waals surface area contributed by atoms with Gasteiger partial charge in [0, 0.05) is 13.2 Å². The van der Waals surface area contributed by atoms with E-state index in [0.29, 0.717) is 5.69 Å². The first kappa shape index (κ1) is 13.4. The molecule has 1 heterocycles. The van der Waals surface area contributed by atoms with E-state index < -0.39 is 10.0 Å². The Kier molecular flexibility index (Phi) is 3.46. The molecule has 2 rings (SSSR count). The monoisotopic (exact) mass is 296 g/mol. The van der Waals surface area contributed by atoms with E-state index in [4.69, 9.17) is 16.9 Å². The van der Waals surface area contributed by atoms with Gasteiger partial charge in [0.1, 0.15) is 6.07 Å². The van der Waals surface area contributed by atoms with E-state index in [-0.39, 0.29) is 15.5 Å². The highest BCUT2D eigenvalue weighted by atomic mass is 35.5. The fraction of sp³-hybridized carbons (Fsp3) is 0.0909. The van der Waals surface area contributed by atoms with Gasteiger partial charge in [-0.1, -0.05) is 11.6 Å². The number of nitrogens with zero attached hydrogens (tertiary/aromatic N) is 3. The van der Waals surface area contributed by atoms with Crippen LogP contribution in [0.3, 0.4) is 0 Å². The van der Waals surface area contributed by atoms with E-state index in [9.17, 15) is 8.42 Å². The van der Waals surface area contributed by atoms with Crippen LogP contribution in [0.1, 0.15) is 5.56 Å². The molecule has 6 nitrogen and oxygen atoms in total. The van der Waals surface area contributed by atoms with Gasteiger partial charge in [-0.3, -0.25) is 9.40 Å². The molecular weight excluding hydrogens is 288 g/mol. The minimum absolute atomic E-state index is 0.0136. The van der Waals surface area contributed by atoms with Crippen LogP contribution in [-0.2, 0) is 17.1 Å². The number of nitriles is 1. The third-order valence-corrected chi connectivity index (χ3v) is 4.02. The molecule has 1 aromatic carbocycles. The number of nitrogens with one attached hydrogen (secondary N) is 1. The van der Waals surface area contributed by atoms with Crippen molar-refractivity contribution in [2.75, 3.05) is 4.72 Å². The van der Waals surface area contributed by atoms with Crippen LogP contribution in [0.2, 0.25) is 5.02 Å². The molecule has 2 aromatic rings. The first-order chi connectivity index (χ1) is 8.92. The highest BCUT2D eigenvalue weighted by molar-refractivity contribution is 7.92. The van der Waals surface area contributed by atoms with Crippen molar-refractivity contribution >= 4 is 27.3 Å². The fourth-order valence-corrected chi connectivity index (χ4v) is 2.78. The highest BCUT2D eigenvalue weighted by Gasteiger charge is 2.16. The first-order valence-corrected chi connectivity index (χ1v) is 6.99. The molecule has 98 valence electrons. The van der Waals surface area contributed by atoms with Gasteiger partial charge in [-0.15, -0.1) is 0 Å². The molecule has 0 aliphatic rings. The number of benzene rings is 1. The van der Waals surface area contributed by atoms with Gasteiger partial charge in [0.25, 0.3) is 10.0 Å². The SMILES string of the molecule is Cn1cc(NS(=O)(=O)c2ccc(C#N)c(Cl)c2)cn1. The lowest BCUT2D eigenvalue weighted by Crippen LogP contribution is -2.12. The highest BCUT2D eigenvalue weighted by Crippen LogP contribution is 2.22. The van der Waals surface area contributed by atoms with E-state index in [1.165, 1.54) is 35.3 Å². The van der Waals surface area contributed by atoms with Gasteiger partial charge in [0.05, 0.1) is 27.4 Å². The molecule has 19 heavy (non-hydrogen) atoms. The van der Waals surface area contributed by atoms with Crippen molar-refractivity contribution in [3.63, 3.8) is 0 Å². The minimum atomic E-state index is -3.74. The molecule has 0 atom stereocenters. The maximum atomic E-state index is 12.1. The summed E-state index contributed by atoms with van der Waals surface area (Å²) in [4.78, 5) is -0.0136. The fourth-order valence-electron chi connectivity index (χ4n) is 1.44. The zero-order valence-electron chi connectivity index (χ0n) is 9.83. The Hall–Kier alpha value is -2.04. The summed E-state index contributed by atoms with van der Waals surface area (Å²) >= 11 is 5.81.